The van der Waals surface area contributed by atoms with Gasteiger partial charge in [0.25, 0.3) is 5.97 Å². The predicted octanol–water partition coefficient (Wildman–Crippen LogP) is 7.33. The summed E-state index contributed by atoms with van der Waals surface area (Å²) in [7, 11) is 0. The van der Waals surface area contributed by atoms with E-state index in [1.54, 1.807) is 0 Å². The van der Waals surface area contributed by atoms with E-state index in [0.29, 0.717) is 6.61 Å². The minimum Gasteiger partial charge on any atom is -0.327 e. The first-order valence-electron chi connectivity index (χ1n) is 12.7. The molecule has 0 aliphatic carbocycles. The van der Waals surface area contributed by atoms with Crippen molar-refractivity contribution in [1.29, 1.82) is 0 Å². The van der Waals surface area contributed by atoms with E-state index < -0.39 is 5.97 Å². The highest BCUT2D eigenvalue weighted by molar-refractivity contribution is 5.81. The largest absolute Gasteiger partial charge is 0.327 e. The van der Waals surface area contributed by atoms with E-state index in [-0.39, 0.29) is 19.0 Å². The Bertz CT molecular complexity index is 373. The van der Waals surface area contributed by atoms with E-state index in [4.69, 9.17) is 14.2 Å². The molecule has 1 saturated heterocycles. The Labute approximate surface area is 180 Å². The number of Topliss-reactive ketones (excluding diaryl/α,β-unsaturated/α-hetero) is 1. The Morgan fingerprint density at radius 1 is 0.655 bits per heavy atom. The number of ether oxygens (including phenoxy) is 3. The Kier molecular flexibility index (Phi) is 16.8. The molecule has 0 unspecified atom stereocenters. The molecule has 1 heterocycles. The summed E-state index contributed by atoms with van der Waals surface area (Å²) in [5, 5.41) is 0. The molecule has 0 radical (unpaired) electrons. The molecule has 1 aliphatic rings. The van der Waals surface area contributed by atoms with Crippen molar-refractivity contribution < 1.29 is 19.0 Å². The highest BCUT2D eigenvalue weighted by atomic mass is 16.9. The van der Waals surface area contributed by atoms with Gasteiger partial charge in [0, 0.05) is 6.42 Å². The number of hydrogen-bond acceptors (Lipinski definition) is 4. The molecule has 172 valence electrons. The van der Waals surface area contributed by atoms with Gasteiger partial charge in [0.15, 0.2) is 5.78 Å². The third-order valence-electron chi connectivity index (χ3n) is 5.81. The van der Waals surface area contributed by atoms with Gasteiger partial charge in [-0.15, -0.1) is 0 Å². The van der Waals surface area contributed by atoms with Crippen LogP contribution in [0.3, 0.4) is 0 Å². The molecule has 1 rings (SSSR count). The van der Waals surface area contributed by atoms with Crippen LogP contribution in [0, 0.1) is 0 Å². The molecule has 0 aromatic rings. The van der Waals surface area contributed by atoms with E-state index in [2.05, 4.69) is 13.8 Å². The van der Waals surface area contributed by atoms with Gasteiger partial charge in [0.1, 0.15) is 13.2 Å². The second-order valence-electron chi connectivity index (χ2n) is 8.70. The lowest BCUT2D eigenvalue weighted by molar-refractivity contribution is -0.389. The van der Waals surface area contributed by atoms with Crippen LogP contribution in [0.5, 0.6) is 0 Å². The molecule has 0 spiro atoms. The van der Waals surface area contributed by atoms with Gasteiger partial charge in [0.05, 0.1) is 6.61 Å². The summed E-state index contributed by atoms with van der Waals surface area (Å²) in [5.41, 5.74) is 0. The number of carbonyl (C=O) groups is 1. The lowest BCUT2D eigenvalue weighted by atomic mass is 10.1. The average Bonchev–Trinajstić information content (AvgIpc) is 2.73. The van der Waals surface area contributed by atoms with Crippen molar-refractivity contribution >= 4 is 5.78 Å². The standard InChI is InChI=1S/C25H48O4/c1-3-5-7-9-10-11-12-13-14-15-17-19-21-27-25(20-18-16-8-6-4-2)28-22-24(26)23-29-25/h3-23H2,1-2H3. The van der Waals surface area contributed by atoms with E-state index in [0.717, 1.165) is 25.7 Å². The van der Waals surface area contributed by atoms with Crippen molar-refractivity contribution in [2.24, 2.45) is 0 Å². The summed E-state index contributed by atoms with van der Waals surface area (Å²) < 4.78 is 17.4. The fourth-order valence-electron chi connectivity index (χ4n) is 3.88. The zero-order valence-electron chi connectivity index (χ0n) is 19.5. The maximum absolute atomic E-state index is 11.4. The van der Waals surface area contributed by atoms with Crippen molar-refractivity contribution in [3.63, 3.8) is 0 Å². The van der Waals surface area contributed by atoms with Crippen molar-refractivity contribution in [3.05, 3.63) is 0 Å². The van der Waals surface area contributed by atoms with Gasteiger partial charge < -0.3 is 14.2 Å². The lowest BCUT2D eigenvalue weighted by Crippen LogP contribution is -2.47. The van der Waals surface area contributed by atoms with Crippen molar-refractivity contribution in [2.75, 3.05) is 19.8 Å². The molecular weight excluding hydrogens is 364 g/mol. The van der Waals surface area contributed by atoms with Crippen molar-refractivity contribution in [1.82, 2.24) is 0 Å². The molecular formula is C25H48O4. The van der Waals surface area contributed by atoms with E-state index in [1.807, 2.05) is 0 Å². The molecule has 0 aromatic heterocycles. The summed E-state index contributed by atoms with van der Waals surface area (Å²) in [6, 6.07) is 0. The molecule has 1 fully saturated rings. The van der Waals surface area contributed by atoms with Gasteiger partial charge in [-0.25, -0.2) is 0 Å². The molecule has 4 nitrogen and oxygen atoms in total. The van der Waals surface area contributed by atoms with Crippen molar-refractivity contribution in [3.8, 4) is 0 Å². The zero-order chi connectivity index (χ0) is 21.0. The Hall–Kier alpha value is -0.450. The molecule has 29 heavy (non-hydrogen) atoms. The van der Waals surface area contributed by atoms with Gasteiger partial charge in [0.2, 0.25) is 0 Å². The third-order valence-corrected chi connectivity index (χ3v) is 5.81. The summed E-state index contributed by atoms with van der Waals surface area (Å²) in [6.45, 7) is 5.38. The Morgan fingerprint density at radius 3 is 1.55 bits per heavy atom. The summed E-state index contributed by atoms with van der Waals surface area (Å²) in [5.74, 6) is -0.974. The SMILES string of the molecule is CCCCCCCCCCCCCCOC1(CCCCCCC)OCC(=O)CO1. The van der Waals surface area contributed by atoms with Gasteiger partial charge >= 0.3 is 0 Å². The number of carbonyl (C=O) groups excluding carboxylic acids is 1. The van der Waals surface area contributed by atoms with Crippen LogP contribution in [0.1, 0.15) is 129 Å². The summed E-state index contributed by atoms with van der Waals surface area (Å²) in [6.07, 6.45) is 22.6. The minimum atomic E-state index is -0.974. The van der Waals surface area contributed by atoms with Crippen LogP contribution in [-0.2, 0) is 19.0 Å². The van der Waals surface area contributed by atoms with E-state index >= 15 is 0 Å². The molecule has 0 amide bonds. The zero-order valence-corrected chi connectivity index (χ0v) is 19.5. The number of rotatable bonds is 20. The van der Waals surface area contributed by atoms with Crippen LogP contribution in [0.2, 0.25) is 0 Å². The van der Waals surface area contributed by atoms with Crippen LogP contribution in [-0.4, -0.2) is 31.6 Å². The molecule has 1 aliphatic heterocycles. The first-order chi connectivity index (χ1) is 14.2. The van der Waals surface area contributed by atoms with Gasteiger partial charge in [-0.1, -0.05) is 110 Å². The fraction of sp³-hybridized carbons (Fsp3) is 0.960. The van der Waals surface area contributed by atoms with Crippen LogP contribution < -0.4 is 0 Å². The highest BCUT2D eigenvalue weighted by Crippen LogP contribution is 2.27. The van der Waals surface area contributed by atoms with E-state index in [9.17, 15) is 4.79 Å². The van der Waals surface area contributed by atoms with Crippen LogP contribution in [0.4, 0.5) is 0 Å². The molecule has 0 atom stereocenters. The molecule has 4 heteroatoms. The van der Waals surface area contributed by atoms with E-state index in [1.165, 1.54) is 89.9 Å². The van der Waals surface area contributed by atoms with Gasteiger partial charge in [-0.3, -0.25) is 4.79 Å². The predicted molar refractivity (Wildman–Crippen MR) is 120 cm³/mol. The average molecular weight is 413 g/mol. The number of hydrogen-bond donors (Lipinski definition) is 0. The minimum absolute atomic E-state index is 0.000529. The quantitative estimate of drug-likeness (QED) is 0.196. The first-order valence-corrected chi connectivity index (χ1v) is 12.7. The topological polar surface area (TPSA) is 44.8 Å². The smallest absolute Gasteiger partial charge is 0.283 e. The molecule has 0 N–H and O–H groups in total. The number of unbranched alkanes of at least 4 members (excludes halogenated alkanes) is 15. The molecule has 0 saturated carbocycles. The maximum Gasteiger partial charge on any atom is 0.283 e. The normalized spacial score (nSPS) is 16.4. The van der Waals surface area contributed by atoms with Crippen LogP contribution in [0.25, 0.3) is 0 Å². The summed E-state index contributed by atoms with van der Waals surface area (Å²) in [4.78, 5) is 11.4. The second-order valence-corrected chi connectivity index (χ2v) is 8.70. The highest BCUT2D eigenvalue weighted by Gasteiger charge is 2.37. The monoisotopic (exact) mass is 412 g/mol. The van der Waals surface area contributed by atoms with Gasteiger partial charge in [-0.05, 0) is 12.8 Å². The Balaban J connectivity index is 2.04. The van der Waals surface area contributed by atoms with Crippen LogP contribution in [0.15, 0.2) is 0 Å². The second kappa shape index (κ2) is 18.3. The number of ketones is 1. The Morgan fingerprint density at radius 2 is 1.07 bits per heavy atom. The molecule has 0 aromatic carbocycles. The fourth-order valence-corrected chi connectivity index (χ4v) is 3.88. The summed E-state index contributed by atoms with van der Waals surface area (Å²) >= 11 is 0. The maximum atomic E-state index is 11.4. The third kappa shape index (κ3) is 14.2. The molecule has 0 bridgehead atoms. The van der Waals surface area contributed by atoms with Crippen molar-refractivity contribution in [2.45, 2.75) is 135 Å². The van der Waals surface area contributed by atoms with Gasteiger partial charge in [-0.2, -0.15) is 0 Å². The first kappa shape index (κ1) is 26.6. The lowest BCUT2D eigenvalue weighted by Gasteiger charge is -2.36. The van der Waals surface area contributed by atoms with Crippen LogP contribution >= 0.6 is 0 Å².